The topological polar surface area (TPSA) is 82.1 Å². The van der Waals surface area contributed by atoms with Crippen molar-refractivity contribution in [1.29, 1.82) is 0 Å². The lowest BCUT2D eigenvalue weighted by molar-refractivity contribution is -0.151. The monoisotopic (exact) mass is 280 g/mol. The number of hydrogen-bond donors (Lipinski definition) is 1. The normalized spacial score (nSPS) is 25.2. The van der Waals surface area contributed by atoms with Crippen LogP contribution in [0.25, 0.3) is 0 Å². The molecule has 1 heterocycles. The quantitative estimate of drug-likeness (QED) is 0.825. The molecule has 0 bridgehead atoms. The van der Waals surface area contributed by atoms with Crippen molar-refractivity contribution in [3.8, 4) is 0 Å². The number of benzene rings is 1. The summed E-state index contributed by atoms with van der Waals surface area (Å²) in [6.45, 7) is 1.19. The Morgan fingerprint density at radius 3 is 2.70 bits per heavy atom. The summed E-state index contributed by atoms with van der Waals surface area (Å²) < 4.78 is 15.3. The summed E-state index contributed by atoms with van der Waals surface area (Å²) in [7, 11) is 0. The zero-order chi connectivity index (χ0) is 14.5. The Morgan fingerprint density at radius 1 is 1.35 bits per heavy atom. The zero-order valence-corrected chi connectivity index (χ0v) is 11.0. The lowest BCUT2D eigenvalue weighted by Crippen LogP contribution is -2.31. The number of esters is 2. The number of hydrogen-bond acceptors (Lipinski definition) is 6. The summed E-state index contributed by atoms with van der Waals surface area (Å²) in [4.78, 5) is 22.7. The summed E-state index contributed by atoms with van der Waals surface area (Å²) in [5.41, 5.74) is 0.426. The van der Waals surface area contributed by atoms with Crippen LogP contribution in [0.2, 0.25) is 0 Å². The molecule has 1 aliphatic rings. The van der Waals surface area contributed by atoms with Gasteiger partial charge in [0.15, 0.2) is 6.29 Å². The van der Waals surface area contributed by atoms with Gasteiger partial charge < -0.3 is 19.3 Å². The first-order valence-corrected chi connectivity index (χ1v) is 6.29. The van der Waals surface area contributed by atoms with Crippen molar-refractivity contribution in [2.75, 3.05) is 6.61 Å². The van der Waals surface area contributed by atoms with Crippen molar-refractivity contribution in [2.24, 2.45) is 0 Å². The Hall–Kier alpha value is -1.92. The third-order valence-electron chi connectivity index (χ3n) is 2.89. The summed E-state index contributed by atoms with van der Waals surface area (Å²) in [6, 6.07) is 8.53. The second kappa shape index (κ2) is 6.49. The largest absolute Gasteiger partial charge is 0.459 e. The third kappa shape index (κ3) is 3.79. The molecule has 1 unspecified atom stereocenters. The van der Waals surface area contributed by atoms with E-state index in [4.69, 9.17) is 14.2 Å². The van der Waals surface area contributed by atoms with Gasteiger partial charge in [-0.3, -0.25) is 4.79 Å². The first-order valence-electron chi connectivity index (χ1n) is 6.29. The third-order valence-corrected chi connectivity index (χ3v) is 2.89. The lowest BCUT2D eigenvalue weighted by Gasteiger charge is -2.17. The maximum Gasteiger partial charge on any atom is 0.338 e. The van der Waals surface area contributed by atoms with Gasteiger partial charge in [-0.1, -0.05) is 18.2 Å². The minimum absolute atomic E-state index is 0.0806. The molecule has 0 aliphatic carbocycles. The number of carbonyl (C=O) groups excluding carboxylic acids is 2. The van der Waals surface area contributed by atoms with Crippen molar-refractivity contribution < 1.29 is 28.9 Å². The van der Waals surface area contributed by atoms with Crippen molar-refractivity contribution >= 4 is 11.9 Å². The molecule has 20 heavy (non-hydrogen) atoms. The highest BCUT2D eigenvalue weighted by Gasteiger charge is 2.37. The summed E-state index contributed by atoms with van der Waals surface area (Å²) in [5.74, 6) is -0.954. The van der Waals surface area contributed by atoms with Crippen LogP contribution < -0.4 is 0 Å². The molecule has 0 amide bonds. The first-order chi connectivity index (χ1) is 9.56. The fraction of sp³-hybridized carbons (Fsp3) is 0.429. The van der Waals surface area contributed by atoms with Gasteiger partial charge in [0.05, 0.1) is 5.56 Å². The van der Waals surface area contributed by atoms with Crippen LogP contribution in [0, 0.1) is 0 Å². The van der Waals surface area contributed by atoms with Crippen LogP contribution in [0.1, 0.15) is 23.7 Å². The Labute approximate surface area is 116 Å². The highest BCUT2D eigenvalue weighted by Crippen LogP contribution is 2.22. The van der Waals surface area contributed by atoms with Gasteiger partial charge in [-0.15, -0.1) is 0 Å². The molecule has 1 saturated heterocycles. The van der Waals surface area contributed by atoms with E-state index in [2.05, 4.69) is 0 Å². The number of aliphatic hydroxyl groups excluding tert-OH is 1. The fourth-order valence-corrected chi connectivity index (χ4v) is 1.99. The van der Waals surface area contributed by atoms with Gasteiger partial charge >= 0.3 is 11.9 Å². The van der Waals surface area contributed by atoms with Crippen LogP contribution >= 0.6 is 0 Å². The van der Waals surface area contributed by atoms with Gasteiger partial charge in [-0.05, 0) is 12.1 Å². The highest BCUT2D eigenvalue weighted by molar-refractivity contribution is 5.89. The molecule has 0 spiro atoms. The molecular weight excluding hydrogens is 264 g/mol. The van der Waals surface area contributed by atoms with E-state index in [0.29, 0.717) is 5.56 Å². The average molecular weight is 280 g/mol. The minimum atomic E-state index is -1.01. The van der Waals surface area contributed by atoms with Crippen molar-refractivity contribution in [1.82, 2.24) is 0 Å². The first kappa shape index (κ1) is 14.5. The molecule has 1 aromatic rings. The predicted octanol–water partition coefficient (Wildman–Crippen LogP) is 0.882. The number of ether oxygens (including phenoxy) is 3. The van der Waals surface area contributed by atoms with E-state index < -0.39 is 30.4 Å². The Kier molecular flexibility index (Phi) is 4.70. The standard InChI is InChI=1S/C14H16O6/c1-9(15)19-11-7-13(16)20-12(11)8-18-14(17)10-5-3-2-4-6-10/h2-6,11-13,16H,7-8H2,1H3/t11-,12+,13?/m1/s1. The molecule has 3 atom stereocenters. The molecule has 1 aliphatic heterocycles. The Morgan fingerprint density at radius 2 is 2.05 bits per heavy atom. The molecule has 1 aromatic carbocycles. The van der Waals surface area contributed by atoms with E-state index in [-0.39, 0.29) is 13.0 Å². The van der Waals surface area contributed by atoms with E-state index >= 15 is 0 Å². The van der Waals surface area contributed by atoms with E-state index in [0.717, 1.165) is 0 Å². The van der Waals surface area contributed by atoms with Crippen LogP contribution in [0.4, 0.5) is 0 Å². The molecule has 0 aromatic heterocycles. The highest BCUT2D eigenvalue weighted by atomic mass is 16.7. The molecule has 0 saturated carbocycles. The van der Waals surface area contributed by atoms with Gasteiger partial charge in [0.25, 0.3) is 0 Å². The Bertz CT molecular complexity index is 472. The van der Waals surface area contributed by atoms with Crippen LogP contribution in [0.15, 0.2) is 30.3 Å². The maximum atomic E-state index is 11.8. The number of carbonyl (C=O) groups is 2. The van der Waals surface area contributed by atoms with Gasteiger partial charge in [0.1, 0.15) is 18.8 Å². The lowest BCUT2D eigenvalue weighted by atomic mass is 10.2. The molecule has 1 N–H and O–H groups in total. The van der Waals surface area contributed by atoms with Crippen LogP contribution in [-0.4, -0.2) is 42.1 Å². The van der Waals surface area contributed by atoms with Gasteiger partial charge in [0, 0.05) is 13.3 Å². The molecule has 0 radical (unpaired) electrons. The molecular formula is C14H16O6. The van der Waals surface area contributed by atoms with Crippen molar-refractivity contribution in [3.05, 3.63) is 35.9 Å². The van der Waals surface area contributed by atoms with E-state index in [1.54, 1.807) is 30.3 Å². The molecule has 1 fully saturated rings. The predicted molar refractivity (Wildman–Crippen MR) is 67.8 cm³/mol. The summed E-state index contributed by atoms with van der Waals surface area (Å²) in [5, 5.41) is 9.41. The average Bonchev–Trinajstić information content (AvgIpc) is 2.76. The van der Waals surface area contributed by atoms with E-state index in [1.807, 2.05) is 0 Å². The summed E-state index contributed by atoms with van der Waals surface area (Å²) >= 11 is 0. The number of rotatable bonds is 4. The zero-order valence-electron chi connectivity index (χ0n) is 11.0. The van der Waals surface area contributed by atoms with E-state index in [1.165, 1.54) is 6.92 Å². The molecule has 108 valence electrons. The molecule has 6 heteroatoms. The minimum Gasteiger partial charge on any atom is -0.459 e. The number of aliphatic hydroxyl groups is 1. The van der Waals surface area contributed by atoms with Gasteiger partial charge in [0.2, 0.25) is 0 Å². The summed E-state index contributed by atoms with van der Waals surface area (Å²) in [6.07, 6.45) is -2.10. The van der Waals surface area contributed by atoms with Gasteiger partial charge in [-0.2, -0.15) is 0 Å². The molecule has 6 nitrogen and oxygen atoms in total. The van der Waals surface area contributed by atoms with Crippen LogP contribution in [-0.2, 0) is 19.0 Å². The van der Waals surface area contributed by atoms with E-state index in [9.17, 15) is 14.7 Å². The maximum absolute atomic E-state index is 11.8. The van der Waals surface area contributed by atoms with Gasteiger partial charge in [-0.25, -0.2) is 4.79 Å². The molecule has 2 rings (SSSR count). The SMILES string of the molecule is CC(=O)O[C@@H]1CC(O)O[C@H]1COC(=O)c1ccccc1. The Balaban J connectivity index is 1.89. The van der Waals surface area contributed by atoms with Crippen molar-refractivity contribution in [3.63, 3.8) is 0 Å². The van der Waals surface area contributed by atoms with Crippen LogP contribution in [0.5, 0.6) is 0 Å². The van der Waals surface area contributed by atoms with Crippen LogP contribution in [0.3, 0.4) is 0 Å². The second-order valence-corrected chi connectivity index (χ2v) is 4.48. The second-order valence-electron chi connectivity index (χ2n) is 4.48. The van der Waals surface area contributed by atoms with Crippen molar-refractivity contribution in [2.45, 2.75) is 31.8 Å². The fourth-order valence-electron chi connectivity index (χ4n) is 1.99. The smallest absolute Gasteiger partial charge is 0.338 e.